The predicted molar refractivity (Wildman–Crippen MR) is 98.7 cm³/mol. The van der Waals surface area contributed by atoms with Crippen LogP contribution in [0.4, 0.5) is 8.78 Å². The van der Waals surface area contributed by atoms with Gasteiger partial charge < -0.3 is 4.74 Å². The van der Waals surface area contributed by atoms with Gasteiger partial charge in [-0.2, -0.15) is 8.78 Å². The lowest BCUT2D eigenvalue weighted by Crippen LogP contribution is -2.36. The smallest absolute Gasteiger partial charge is 0.319 e. The van der Waals surface area contributed by atoms with E-state index in [1.807, 2.05) is 24.3 Å². The fourth-order valence-electron chi connectivity index (χ4n) is 3.00. The Morgan fingerprint density at radius 3 is 2.78 bits per heavy atom. The number of benzene rings is 1. The summed E-state index contributed by atoms with van der Waals surface area (Å²) < 4.78 is 32.3. The first-order valence-corrected chi connectivity index (χ1v) is 9.67. The summed E-state index contributed by atoms with van der Waals surface area (Å²) in [6.45, 7) is 1.18. The fraction of sp³-hybridized carbons (Fsp3) is 0.389. The molecule has 0 aliphatic carbocycles. The Kier molecular flexibility index (Phi) is 5.61. The third-order valence-corrected chi connectivity index (χ3v) is 5.37. The Bertz CT molecular complexity index is 914. The van der Waals surface area contributed by atoms with Crippen LogP contribution in [0, 0.1) is 0 Å². The molecule has 1 saturated heterocycles. The second kappa shape index (κ2) is 8.28. The highest BCUT2D eigenvalue weighted by atomic mass is 32.2. The van der Waals surface area contributed by atoms with E-state index in [0.29, 0.717) is 31.3 Å². The van der Waals surface area contributed by atoms with Gasteiger partial charge in [-0.05, 0) is 6.07 Å². The van der Waals surface area contributed by atoms with Gasteiger partial charge in [0, 0.05) is 30.9 Å². The molecule has 3 heterocycles. The largest absolute Gasteiger partial charge is 0.379 e. The molecular formula is C18H19F2N5OS. The lowest BCUT2D eigenvalue weighted by molar-refractivity contribution is 0.0330. The van der Waals surface area contributed by atoms with Crippen LogP contribution in [0.2, 0.25) is 0 Å². The second-order valence-corrected chi connectivity index (χ2v) is 7.13. The average Bonchev–Trinajstić information content (AvgIpc) is 3.16. The van der Waals surface area contributed by atoms with Crippen molar-refractivity contribution in [2.45, 2.75) is 23.9 Å². The Morgan fingerprint density at radius 2 is 1.96 bits per heavy atom. The number of morpholine rings is 1. The molecule has 142 valence electrons. The summed E-state index contributed by atoms with van der Waals surface area (Å²) in [5.74, 6) is 1.37. The van der Waals surface area contributed by atoms with Crippen molar-refractivity contribution in [1.29, 1.82) is 0 Å². The van der Waals surface area contributed by atoms with Crippen molar-refractivity contribution >= 4 is 22.7 Å². The van der Waals surface area contributed by atoms with Gasteiger partial charge in [-0.3, -0.25) is 9.47 Å². The molecule has 1 aliphatic rings. The van der Waals surface area contributed by atoms with Crippen molar-refractivity contribution in [3.05, 3.63) is 48.3 Å². The number of hydrogen-bond acceptors (Lipinski definition) is 6. The van der Waals surface area contributed by atoms with Crippen LogP contribution in [0.1, 0.15) is 18.2 Å². The van der Waals surface area contributed by atoms with Crippen LogP contribution in [-0.2, 0) is 17.0 Å². The molecule has 0 spiro atoms. The lowest BCUT2D eigenvalue weighted by Gasteiger charge is -2.25. The van der Waals surface area contributed by atoms with Crippen LogP contribution in [0.15, 0.2) is 41.7 Å². The van der Waals surface area contributed by atoms with Gasteiger partial charge in [0.25, 0.3) is 0 Å². The monoisotopic (exact) mass is 391 g/mol. The van der Waals surface area contributed by atoms with E-state index in [9.17, 15) is 8.78 Å². The predicted octanol–water partition coefficient (Wildman–Crippen LogP) is 3.35. The number of rotatable bonds is 6. The van der Waals surface area contributed by atoms with E-state index in [2.05, 4.69) is 14.9 Å². The maximum Gasteiger partial charge on any atom is 0.319 e. The van der Waals surface area contributed by atoms with Gasteiger partial charge in [0.05, 0.1) is 31.0 Å². The quantitative estimate of drug-likeness (QED) is 0.475. The molecule has 2 aromatic heterocycles. The summed E-state index contributed by atoms with van der Waals surface area (Å²) in [4.78, 5) is 15.7. The number of imidazole rings is 1. The molecule has 0 atom stereocenters. The van der Waals surface area contributed by atoms with Crippen molar-refractivity contribution < 1.29 is 13.5 Å². The minimum absolute atomic E-state index is 0.315. The number of halogens is 2. The summed E-state index contributed by atoms with van der Waals surface area (Å²) in [5.41, 5.74) is 0.857. The standard InChI is InChI=1S/C18H19F2N5OS/c19-18(20)25-6-5-21-16(25)12-27-17-13-3-1-2-4-14(13)22-15(23-17)11-24-7-9-26-10-8-24/h1-6,18H,7-12H2. The molecule has 3 aromatic rings. The fourth-order valence-corrected chi connectivity index (χ4v) is 3.99. The highest BCUT2D eigenvalue weighted by molar-refractivity contribution is 7.98. The van der Waals surface area contributed by atoms with Crippen LogP contribution in [-0.4, -0.2) is 50.7 Å². The van der Waals surface area contributed by atoms with E-state index in [1.165, 1.54) is 24.2 Å². The van der Waals surface area contributed by atoms with Crippen molar-refractivity contribution in [3.8, 4) is 0 Å². The second-order valence-electron chi connectivity index (χ2n) is 6.17. The zero-order valence-electron chi connectivity index (χ0n) is 14.6. The molecule has 0 N–H and O–H groups in total. The van der Waals surface area contributed by atoms with Gasteiger partial charge in [-0.25, -0.2) is 15.0 Å². The number of para-hydroxylation sites is 1. The summed E-state index contributed by atoms with van der Waals surface area (Å²) in [6.07, 6.45) is 2.69. The van der Waals surface area contributed by atoms with Crippen LogP contribution in [0.5, 0.6) is 0 Å². The van der Waals surface area contributed by atoms with Gasteiger partial charge in [-0.15, -0.1) is 0 Å². The van der Waals surface area contributed by atoms with Crippen molar-refractivity contribution in [3.63, 3.8) is 0 Å². The summed E-state index contributed by atoms with van der Waals surface area (Å²) in [5, 5.41) is 1.70. The van der Waals surface area contributed by atoms with E-state index in [-0.39, 0.29) is 0 Å². The van der Waals surface area contributed by atoms with Crippen LogP contribution in [0.25, 0.3) is 10.9 Å². The number of fused-ring (bicyclic) bond motifs is 1. The van der Waals surface area contributed by atoms with Crippen molar-refractivity contribution in [2.24, 2.45) is 0 Å². The van der Waals surface area contributed by atoms with Crippen LogP contribution in [0.3, 0.4) is 0 Å². The summed E-state index contributed by atoms with van der Waals surface area (Å²) >= 11 is 1.40. The van der Waals surface area contributed by atoms with Gasteiger partial charge >= 0.3 is 6.55 Å². The number of hydrogen-bond donors (Lipinski definition) is 0. The Labute approximate surface area is 159 Å². The molecule has 1 aromatic carbocycles. The maximum atomic E-state index is 13.0. The zero-order chi connectivity index (χ0) is 18.6. The van der Waals surface area contributed by atoms with Crippen molar-refractivity contribution in [2.75, 3.05) is 26.3 Å². The molecular weight excluding hydrogens is 372 g/mol. The van der Waals surface area contributed by atoms with Gasteiger partial charge in [0.2, 0.25) is 0 Å². The molecule has 9 heteroatoms. The molecule has 1 aliphatic heterocycles. The molecule has 4 rings (SSSR count). The SMILES string of the molecule is FC(F)n1ccnc1CSc1nc(CN2CCOCC2)nc2ccccc12. The Morgan fingerprint density at radius 1 is 1.15 bits per heavy atom. The number of aromatic nitrogens is 4. The molecule has 0 radical (unpaired) electrons. The third-order valence-electron chi connectivity index (χ3n) is 4.38. The van der Waals surface area contributed by atoms with E-state index in [4.69, 9.17) is 9.72 Å². The van der Waals surface area contributed by atoms with E-state index < -0.39 is 6.55 Å². The molecule has 0 amide bonds. The average molecular weight is 391 g/mol. The topological polar surface area (TPSA) is 56.1 Å². The Balaban J connectivity index is 1.59. The Hall–Kier alpha value is -2.10. The molecule has 1 fully saturated rings. The van der Waals surface area contributed by atoms with Gasteiger partial charge in [0.15, 0.2) is 0 Å². The van der Waals surface area contributed by atoms with Crippen LogP contribution < -0.4 is 0 Å². The van der Waals surface area contributed by atoms with Gasteiger partial charge in [-0.1, -0.05) is 30.0 Å². The lowest BCUT2D eigenvalue weighted by atomic mass is 10.2. The first-order valence-electron chi connectivity index (χ1n) is 8.69. The molecule has 0 unspecified atom stereocenters. The summed E-state index contributed by atoms with van der Waals surface area (Å²) in [7, 11) is 0. The minimum atomic E-state index is -2.60. The zero-order valence-corrected chi connectivity index (χ0v) is 15.4. The number of alkyl halides is 2. The molecule has 0 bridgehead atoms. The van der Waals surface area contributed by atoms with E-state index >= 15 is 0 Å². The minimum Gasteiger partial charge on any atom is -0.379 e. The van der Waals surface area contributed by atoms with E-state index in [0.717, 1.165) is 39.4 Å². The first kappa shape index (κ1) is 18.3. The van der Waals surface area contributed by atoms with Crippen molar-refractivity contribution in [1.82, 2.24) is 24.4 Å². The summed E-state index contributed by atoms with van der Waals surface area (Å²) in [6, 6.07) is 7.77. The van der Waals surface area contributed by atoms with Gasteiger partial charge in [0.1, 0.15) is 16.7 Å². The number of ether oxygens (including phenoxy) is 1. The molecule has 6 nitrogen and oxygen atoms in total. The highest BCUT2D eigenvalue weighted by Gasteiger charge is 2.16. The highest BCUT2D eigenvalue weighted by Crippen LogP contribution is 2.29. The van der Waals surface area contributed by atoms with E-state index in [1.54, 1.807) is 0 Å². The normalized spacial score (nSPS) is 15.7. The molecule has 0 saturated carbocycles. The first-order chi connectivity index (χ1) is 13.2. The third kappa shape index (κ3) is 4.26. The maximum absolute atomic E-state index is 13.0. The van der Waals surface area contributed by atoms with Crippen LogP contribution >= 0.6 is 11.8 Å². The molecule has 27 heavy (non-hydrogen) atoms. The number of thioether (sulfide) groups is 1. The number of nitrogens with zero attached hydrogens (tertiary/aromatic N) is 5.